The first-order valence-corrected chi connectivity index (χ1v) is 9.45. The molecule has 28 heavy (non-hydrogen) atoms. The molecule has 6 heteroatoms. The fourth-order valence-electron chi connectivity index (χ4n) is 3.64. The van der Waals surface area contributed by atoms with Gasteiger partial charge in [-0.15, -0.1) is 0 Å². The van der Waals surface area contributed by atoms with Crippen LogP contribution in [0.5, 0.6) is 11.6 Å². The van der Waals surface area contributed by atoms with Crippen LogP contribution < -0.4 is 0 Å². The van der Waals surface area contributed by atoms with Crippen LogP contribution in [0, 0.1) is 5.82 Å². The summed E-state index contributed by atoms with van der Waals surface area (Å²) in [5, 5.41) is 21.4. The minimum absolute atomic E-state index is 0.153. The lowest BCUT2D eigenvalue weighted by Crippen LogP contribution is -1.99. The summed E-state index contributed by atoms with van der Waals surface area (Å²) in [6.07, 6.45) is 5.12. The summed E-state index contributed by atoms with van der Waals surface area (Å²) in [4.78, 5) is 7.27. The van der Waals surface area contributed by atoms with E-state index in [4.69, 9.17) is 0 Å². The smallest absolute Gasteiger partial charge is 0.240 e. The number of nitrogens with zero attached hydrogens (tertiary/aromatic N) is 2. The topological polar surface area (TPSA) is 74.1 Å². The maximum atomic E-state index is 14.0. The molecule has 2 heterocycles. The molecule has 2 aromatic heterocycles. The Morgan fingerprint density at radius 2 is 1.96 bits per heavy atom. The molecule has 0 amide bonds. The van der Waals surface area contributed by atoms with Gasteiger partial charge in [-0.1, -0.05) is 31.9 Å². The van der Waals surface area contributed by atoms with Gasteiger partial charge in [0.2, 0.25) is 5.88 Å². The Balaban J connectivity index is 1.94. The largest absolute Gasteiger partial charge is 0.503 e. The van der Waals surface area contributed by atoms with Crippen LogP contribution in [0.2, 0.25) is 0 Å². The van der Waals surface area contributed by atoms with E-state index in [-0.39, 0.29) is 17.4 Å². The summed E-state index contributed by atoms with van der Waals surface area (Å²) in [7, 11) is 0. The van der Waals surface area contributed by atoms with Gasteiger partial charge in [-0.2, -0.15) is 0 Å². The van der Waals surface area contributed by atoms with Crippen LogP contribution in [-0.4, -0.2) is 24.7 Å². The van der Waals surface area contributed by atoms with Crippen LogP contribution >= 0.6 is 0 Å². The van der Waals surface area contributed by atoms with E-state index in [9.17, 15) is 14.6 Å². The van der Waals surface area contributed by atoms with Gasteiger partial charge in [-0.05, 0) is 43.2 Å². The summed E-state index contributed by atoms with van der Waals surface area (Å²) in [6, 6.07) is 11.7. The normalized spacial score (nSPS) is 11.4. The van der Waals surface area contributed by atoms with Gasteiger partial charge in [-0.3, -0.25) is 4.57 Å². The number of rotatable bonds is 6. The molecule has 3 N–H and O–H groups in total. The van der Waals surface area contributed by atoms with Crippen molar-refractivity contribution >= 4 is 11.0 Å². The molecular formula is C22H22FN3O2. The number of fused-ring (bicyclic) bond motifs is 1. The van der Waals surface area contributed by atoms with Crippen LogP contribution in [0.1, 0.15) is 31.7 Å². The molecule has 0 saturated heterocycles. The molecule has 0 spiro atoms. The number of hydrogen-bond acceptors (Lipinski definition) is 3. The second-order valence-electron chi connectivity index (χ2n) is 6.91. The zero-order valence-electron chi connectivity index (χ0n) is 15.6. The summed E-state index contributed by atoms with van der Waals surface area (Å²) in [5.74, 6) is -0.766. The van der Waals surface area contributed by atoms with Gasteiger partial charge in [0, 0.05) is 11.1 Å². The van der Waals surface area contributed by atoms with E-state index in [1.807, 2.05) is 18.2 Å². The van der Waals surface area contributed by atoms with Crippen molar-refractivity contribution in [2.45, 2.75) is 32.6 Å². The molecule has 0 aliphatic heterocycles. The predicted molar refractivity (Wildman–Crippen MR) is 107 cm³/mol. The van der Waals surface area contributed by atoms with E-state index in [0.717, 1.165) is 30.3 Å². The number of nitrogens with one attached hydrogen (secondary N) is 1. The van der Waals surface area contributed by atoms with Crippen LogP contribution in [0.15, 0.2) is 48.8 Å². The second kappa shape index (κ2) is 7.38. The van der Waals surface area contributed by atoms with Gasteiger partial charge in [-0.25, -0.2) is 9.37 Å². The monoisotopic (exact) mass is 379 g/mol. The minimum atomic E-state index is -0.368. The lowest BCUT2D eigenvalue weighted by atomic mass is 10.0. The number of imidazole rings is 1. The van der Waals surface area contributed by atoms with E-state index >= 15 is 0 Å². The molecule has 0 radical (unpaired) electrons. The third-order valence-electron chi connectivity index (χ3n) is 5.01. The van der Waals surface area contributed by atoms with Gasteiger partial charge in [0.25, 0.3) is 0 Å². The molecule has 0 atom stereocenters. The highest BCUT2D eigenvalue weighted by atomic mass is 19.1. The van der Waals surface area contributed by atoms with Crippen molar-refractivity contribution in [3.05, 3.63) is 60.2 Å². The standard InChI is InChI=1S/C22H22FN3O2/c1-2-3-4-8-17-20(14-6-5-7-15(23)11-14)26(22(28)21(17)27)16-9-10-18-19(12-16)25-13-24-18/h5-7,9-13,27-28H,2-4,8H2,1H3,(H,24,25). The van der Waals surface area contributed by atoms with Gasteiger partial charge >= 0.3 is 0 Å². The summed E-state index contributed by atoms with van der Waals surface area (Å²) < 4.78 is 15.5. The van der Waals surface area contributed by atoms with Crippen LogP contribution in [0.25, 0.3) is 28.0 Å². The Hall–Kier alpha value is -3.28. The Morgan fingerprint density at radius 1 is 1.11 bits per heavy atom. The quantitative estimate of drug-likeness (QED) is 0.398. The lowest BCUT2D eigenvalue weighted by Gasteiger charge is -2.13. The molecule has 4 rings (SSSR count). The lowest BCUT2D eigenvalue weighted by molar-refractivity contribution is 0.385. The number of aromatic hydroxyl groups is 2. The average Bonchev–Trinajstić information content (AvgIpc) is 3.25. The third kappa shape index (κ3) is 3.11. The Bertz CT molecular complexity index is 1130. The zero-order valence-corrected chi connectivity index (χ0v) is 15.6. The van der Waals surface area contributed by atoms with Crippen molar-refractivity contribution in [3.8, 4) is 28.6 Å². The van der Waals surface area contributed by atoms with Crippen LogP contribution in [0.4, 0.5) is 4.39 Å². The first-order chi connectivity index (χ1) is 13.6. The maximum absolute atomic E-state index is 14.0. The molecule has 0 fully saturated rings. The molecule has 0 unspecified atom stereocenters. The number of aromatic nitrogens is 3. The van der Waals surface area contributed by atoms with Crippen molar-refractivity contribution < 1.29 is 14.6 Å². The summed E-state index contributed by atoms with van der Waals surface area (Å²) in [5.41, 5.74) is 4.10. The fraction of sp³-hybridized carbons (Fsp3) is 0.227. The van der Waals surface area contributed by atoms with Crippen LogP contribution in [-0.2, 0) is 6.42 Å². The molecule has 0 aliphatic rings. The summed E-state index contributed by atoms with van der Waals surface area (Å²) >= 11 is 0. The molecule has 0 bridgehead atoms. The van der Waals surface area contributed by atoms with Crippen molar-refractivity contribution in [2.24, 2.45) is 0 Å². The maximum Gasteiger partial charge on any atom is 0.240 e. The number of H-pyrrole nitrogens is 1. The van der Waals surface area contributed by atoms with Crippen molar-refractivity contribution in [1.29, 1.82) is 0 Å². The van der Waals surface area contributed by atoms with E-state index in [0.29, 0.717) is 28.9 Å². The first kappa shape index (κ1) is 18.1. The van der Waals surface area contributed by atoms with Crippen molar-refractivity contribution in [3.63, 3.8) is 0 Å². The molecule has 0 aliphatic carbocycles. The van der Waals surface area contributed by atoms with E-state index in [2.05, 4.69) is 16.9 Å². The van der Waals surface area contributed by atoms with Gasteiger partial charge < -0.3 is 15.2 Å². The Morgan fingerprint density at radius 3 is 2.75 bits per heavy atom. The Labute approximate surface area is 162 Å². The number of benzene rings is 2. The molecule has 0 saturated carbocycles. The highest BCUT2D eigenvalue weighted by Crippen LogP contribution is 2.44. The molecular weight excluding hydrogens is 357 g/mol. The number of unbranched alkanes of at least 4 members (excludes halogenated alkanes) is 2. The van der Waals surface area contributed by atoms with E-state index in [1.54, 1.807) is 23.0 Å². The molecule has 144 valence electrons. The number of aromatic amines is 1. The van der Waals surface area contributed by atoms with E-state index < -0.39 is 0 Å². The van der Waals surface area contributed by atoms with Gasteiger partial charge in [0.05, 0.1) is 28.7 Å². The number of halogens is 1. The second-order valence-corrected chi connectivity index (χ2v) is 6.91. The van der Waals surface area contributed by atoms with Crippen LogP contribution in [0.3, 0.4) is 0 Å². The fourth-order valence-corrected chi connectivity index (χ4v) is 3.64. The van der Waals surface area contributed by atoms with Crippen molar-refractivity contribution in [1.82, 2.24) is 14.5 Å². The first-order valence-electron chi connectivity index (χ1n) is 9.45. The Kier molecular flexibility index (Phi) is 4.77. The SMILES string of the molecule is CCCCCc1c(O)c(O)n(-c2ccc3nc[nH]c3c2)c1-c1cccc(F)c1. The molecule has 4 aromatic rings. The molecule has 2 aromatic carbocycles. The number of hydrogen-bond donors (Lipinski definition) is 3. The minimum Gasteiger partial charge on any atom is -0.503 e. The van der Waals surface area contributed by atoms with Gasteiger partial charge in [0.15, 0.2) is 5.75 Å². The van der Waals surface area contributed by atoms with Crippen molar-refractivity contribution in [2.75, 3.05) is 0 Å². The highest BCUT2D eigenvalue weighted by molar-refractivity contribution is 5.80. The van der Waals surface area contributed by atoms with Gasteiger partial charge in [0.1, 0.15) is 5.82 Å². The molecule has 5 nitrogen and oxygen atoms in total. The highest BCUT2D eigenvalue weighted by Gasteiger charge is 2.24. The summed E-state index contributed by atoms with van der Waals surface area (Å²) in [6.45, 7) is 2.11. The third-order valence-corrected chi connectivity index (χ3v) is 5.01. The van der Waals surface area contributed by atoms with E-state index in [1.165, 1.54) is 12.1 Å². The predicted octanol–water partition coefficient (Wildman–Crippen LogP) is 5.30. The average molecular weight is 379 g/mol. The zero-order chi connectivity index (χ0) is 19.7.